The second kappa shape index (κ2) is 9.43. The Morgan fingerprint density at radius 3 is 2.23 bits per heavy atom. The summed E-state index contributed by atoms with van der Waals surface area (Å²) in [4.78, 5) is 39.4. The summed E-state index contributed by atoms with van der Waals surface area (Å²) in [6.45, 7) is 1.89. The van der Waals surface area contributed by atoms with Crippen LogP contribution >= 0.6 is 11.6 Å². The summed E-state index contributed by atoms with van der Waals surface area (Å²) in [7, 11) is 3.44. The molecule has 1 saturated heterocycles. The zero-order valence-electron chi connectivity index (χ0n) is 15.1. The van der Waals surface area contributed by atoms with Gasteiger partial charge in [-0.25, -0.2) is 4.79 Å². The average molecular weight is 381 g/mol. The summed E-state index contributed by atoms with van der Waals surface area (Å²) in [5.41, 5.74) is 0.527. The lowest BCUT2D eigenvalue weighted by molar-refractivity contribution is -0.126. The Balaban J connectivity index is 1.66. The molecule has 1 aliphatic rings. The molecule has 7 nitrogen and oxygen atoms in total. The SMILES string of the molecule is CN(C)C(=O)N1CCC(C(=O)NCCNC(=O)c2ccc(Cl)cc2)CC1. The molecule has 0 atom stereocenters. The second-order valence-electron chi connectivity index (χ2n) is 6.49. The molecule has 0 aliphatic carbocycles. The van der Waals surface area contributed by atoms with Crippen LogP contribution in [0.25, 0.3) is 0 Å². The highest BCUT2D eigenvalue weighted by Crippen LogP contribution is 2.18. The van der Waals surface area contributed by atoms with Gasteiger partial charge >= 0.3 is 6.03 Å². The Kier molecular flexibility index (Phi) is 7.26. The number of urea groups is 1. The van der Waals surface area contributed by atoms with Gasteiger partial charge in [-0.2, -0.15) is 0 Å². The standard InChI is InChI=1S/C18H25ClN4O3/c1-22(2)18(26)23-11-7-14(8-12-23)17(25)21-10-9-20-16(24)13-3-5-15(19)6-4-13/h3-6,14H,7-12H2,1-2H3,(H,20,24)(H,21,25). The molecule has 0 spiro atoms. The monoisotopic (exact) mass is 380 g/mol. The summed E-state index contributed by atoms with van der Waals surface area (Å²) >= 11 is 5.79. The van der Waals surface area contributed by atoms with Crippen molar-refractivity contribution in [2.75, 3.05) is 40.3 Å². The molecule has 1 heterocycles. The smallest absolute Gasteiger partial charge is 0.319 e. The zero-order chi connectivity index (χ0) is 19.1. The molecule has 1 aromatic rings. The van der Waals surface area contributed by atoms with Gasteiger partial charge in [0, 0.05) is 56.8 Å². The lowest BCUT2D eigenvalue weighted by Gasteiger charge is -2.33. The van der Waals surface area contributed by atoms with Gasteiger partial charge in [0.2, 0.25) is 5.91 Å². The molecule has 26 heavy (non-hydrogen) atoms. The Bertz CT molecular complexity index is 640. The molecule has 1 aliphatic heterocycles. The number of rotatable bonds is 5. The maximum atomic E-state index is 12.2. The number of carbonyl (C=O) groups excluding carboxylic acids is 3. The highest BCUT2D eigenvalue weighted by Gasteiger charge is 2.27. The number of nitrogens with one attached hydrogen (secondary N) is 2. The summed E-state index contributed by atoms with van der Waals surface area (Å²) in [6.07, 6.45) is 1.31. The van der Waals surface area contributed by atoms with Crippen LogP contribution in [-0.4, -0.2) is 67.9 Å². The number of carbonyl (C=O) groups is 3. The summed E-state index contributed by atoms with van der Waals surface area (Å²) in [5.74, 6) is -0.317. The highest BCUT2D eigenvalue weighted by molar-refractivity contribution is 6.30. The minimum atomic E-state index is -0.202. The van der Waals surface area contributed by atoms with Crippen molar-refractivity contribution in [1.82, 2.24) is 20.4 Å². The van der Waals surface area contributed by atoms with Crippen LogP contribution in [0.2, 0.25) is 5.02 Å². The third kappa shape index (κ3) is 5.62. The van der Waals surface area contributed by atoms with E-state index in [-0.39, 0.29) is 23.8 Å². The van der Waals surface area contributed by atoms with Crippen LogP contribution in [0, 0.1) is 5.92 Å². The van der Waals surface area contributed by atoms with Gasteiger partial charge in [0.1, 0.15) is 0 Å². The number of nitrogens with zero attached hydrogens (tertiary/aromatic N) is 2. The van der Waals surface area contributed by atoms with Crippen LogP contribution in [-0.2, 0) is 4.79 Å². The van der Waals surface area contributed by atoms with Gasteiger partial charge in [0.05, 0.1) is 0 Å². The fraction of sp³-hybridized carbons (Fsp3) is 0.500. The lowest BCUT2D eigenvalue weighted by atomic mass is 9.96. The van der Waals surface area contributed by atoms with E-state index >= 15 is 0 Å². The lowest BCUT2D eigenvalue weighted by Crippen LogP contribution is -2.47. The van der Waals surface area contributed by atoms with Crippen LogP contribution in [0.3, 0.4) is 0 Å². The predicted octanol–water partition coefficient (Wildman–Crippen LogP) is 1.58. The van der Waals surface area contributed by atoms with E-state index in [1.165, 1.54) is 0 Å². The van der Waals surface area contributed by atoms with Crippen molar-refractivity contribution < 1.29 is 14.4 Å². The summed E-state index contributed by atoms with van der Waals surface area (Å²) in [6, 6.07) is 6.60. The molecule has 142 valence electrons. The summed E-state index contributed by atoms with van der Waals surface area (Å²) in [5, 5.41) is 6.18. The van der Waals surface area contributed by atoms with Crippen LogP contribution in [0.5, 0.6) is 0 Å². The van der Waals surface area contributed by atoms with Crippen molar-refractivity contribution in [1.29, 1.82) is 0 Å². The fourth-order valence-electron chi connectivity index (χ4n) is 2.83. The van der Waals surface area contributed by atoms with Crippen molar-refractivity contribution in [3.63, 3.8) is 0 Å². The fourth-order valence-corrected chi connectivity index (χ4v) is 2.95. The van der Waals surface area contributed by atoms with Crippen molar-refractivity contribution in [2.45, 2.75) is 12.8 Å². The Labute approximate surface area is 158 Å². The molecule has 1 fully saturated rings. The van der Waals surface area contributed by atoms with Gasteiger partial charge in [-0.1, -0.05) is 11.6 Å². The van der Waals surface area contributed by atoms with Crippen LogP contribution in [0.15, 0.2) is 24.3 Å². The van der Waals surface area contributed by atoms with E-state index in [1.807, 2.05) is 0 Å². The quantitative estimate of drug-likeness (QED) is 0.761. The zero-order valence-corrected chi connectivity index (χ0v) is 15.9. The molecule has 2 rings (SSSR count). The Hall–Kier alpha value is -2.28. The molecule has 4 amide bonds. The van der Waals surface area contributed by atoms with E-state index in [9.17, 15) is 14.4 Å². The molecule has 0 radical (unpaired) electrons. The van der Waals surface area contributed by atoms with Gasteiger partial charge < -0.3 is 20.4 Å². The van der Waals surface area contributed by atoms with Gasteiger partial charge in [-0.15, -0.1) is 0 Å². The van der Waals surface area contributed by atoms with E-state index in [1.54, 1.807) is 48.2 Å². The second-order valence-corrected chi connectivity index (χ2v) is 6.93. The molecule has 0 aromatic heterocycles. The van der Waals surface area contributed by atoms with Crippen LogP contribution < -0.4 is 10.6 Å². The van der Waals surface area contributed by atoms with E-state index in [0.29, 0.717) is 49.6 Å². The predicted molar refractivity (Wildman–Crippen MR) is 100 cm³/mol. The number of halogens is 1. The average Bonchev–Trinajstić information content (AvgIpc) is 2.64. The van der Waals surface area contributed by atoms with Gasteiger partial charge in [-0.05, 0) is 37.1 Å². The van der Waals surface area contributed by atoms with Gasteiger partial charge in [0.15, 0.2) is 0 Å². The van der Waals surface area contributed by atoms with E-state index in [4.69, 9.17) is 11.6 Å². The molecule has 8 heteroatoms. The third-order valence-corrected chi connectivity index (χ3v) is 4.59. The van der Waals surface area contributed by atoms with E-state index in [0.717, 1.165) is 0 Å². The first-order valence-corrected chi connectivity index (χ1v) is 9.04. The Morgan fingerprint density at radius 2 is 1.65 bits per heavy atom. The van der Waals surface area contributed by atoms with Crippen molar-refractivity contribution in [3.8, 4) is 0 Å². The Morgan fingerprint density at radius 1 is 1.08 bits per heavy atom. The molecule has 0 bridgehead atoms. The molecular weight excluding hydrogens is 356 g/mol. The highest BCUT2D eigenvalue weighted by atomic mass is 35.5. The molecular formula is C18H25ClN4O3. The first kappa shape index (κ1) is 20.0. The molecule has 0 saturated carbocycles. The number of likely N-dealkylation sites (tertiary alicyclic amines) is 1. The minimum absolute atomic E-state index is 0.0197. The van der Waals surface area contributed by atoms with Crippen molar-refractivity contribution >= 4 is 29.4 Å². The number of piperidine rings is 1. The van der Waals surface area contributed by atoms with E-state index in [2.05, 4.69) is 10.6 Å². The number of hydrogen-bond donors (Lipinski definition) is 2. The van der Waals surface area contributed by atoms with Gasteiger partial charge in [0.25, 0.3) is 5.91 Å². The van der Waals surface area contributed by atoms with Crippen LogP contribution in [0.4, 0.5) is 4.79 Å². The minimum Gasteiger partial charge on any atom is -0.354 e. The topological polar surface area (TPSA) is 81.8 Å². The van der Waals surface area contributed by atoms with Gasteiger partial charge in [-0.3, -0.25) is 9.59 Å². The van der Waals surface area contributed by atoms with Crippen LogP contribution in [0.1, 0.15) is 23.2 Å². The maximum absolute atomic E-state index is 12.2. The molecule has 0 unspecified atom stereocenters. The number of benzene rings is 1. The largest absolute Gasteiger partial charge is 0.354 e. The first-order chi connectivity index (χ1) is 12.4. The molecule has 2 N–H and O–H groups in total. The summed E-state index contributed by atoms with van der Waals surface area (Å²) < 4.78 is 0. The van der Waals surface area contributed by atoms with E-state index < -0.39 is 0 Å². The molecule has 1 aromatic carbocycles. The van der Waals surface area contributed by atoms with Crippen molar-refractivity contribution in [2.24, 2.45) is 5.92 Å². The normalized spacial score (nSPS) is 14.7. The van der Waals surface area contributed by atoms with Crippen molar-refractivity contribution in [3.05, 3.63) is 34.9 Å². The first-order valence-electron chi connectivity index (χ1n) is 8.66. The number of amides is 4. The number of hydrogen-bond acceptors (Lipinski definition) is 3. The third-order valence-electron chi connectivity index (χ3n) is 4.34. The maximum Gasteiger partial charge on any atom is 0.319 e.